The Labute approximate surface area is 173 Å². The van der Waals surface area contributed by atoms with E-state index in [1.54, 1.807) is 13.4 Å². The molecule has 8 nitrogen and oxygen atoms in total. The van der Waals surface area contributed by atoms with E-state index >= 15 is 0 Å². The lowest BCUT2D eigenvalue weighted by atomic mass is 9.94. The van der Waals surface area contributed by atoms with Crippen LogP contribution in [0.25, 0.3) is 17.1 Å². The summed E-state index contributed by atoms with van der Waals surface area (Å²) in [7, 11) is 1.64. The summed E-state index contributed by atoms with van der Waals surface area (Å²) in [5.41, 5.74) is 3.56. The maximum absolute atomic E-state index is 6.30. The van der Waals surface area contributed by atoms with E-state index in [9.17, 15) is 0 Å². The first-order valence-electron chi connectivity index (χ1n) is 9.42. The highest BCUT2D eigenvalue weighted by molar-refractivity contribution is 6.31. The number of hydrogen-bond acceptors (Lipinski definition) is 6. The van der Waals surface area contributed by atoms with Crippen LogP contribution >= 0.6 is 11.6 Å². The SMILES string of the molecule is COCc1nnc2n1Cc1c(C3=NCC(C)(C)CO3)ncn1-c1ccc(Cl)cc1-2. The van der Waals surface area contributed by atoms with Crippen LogP contribution in [0.5, 0.6) is 0 Å². The third kappa shape index (κ3) is 3.03. The molecule has 0 saturated carbocycles. The Bertz CT molecular complexity index is 1130. The molecule has 9 heteroatoms. The van der Waals surface area contributed by atoms with Gasteiger partial charge in [-0.15, -0.1) is 10.2 Å². The molecule has 0 unspecified atom stereocenters. The molecule has 0 fully saturated rings. The fourth-order valence-electron chi connectivity index (χ4n) is 3.68. The zero-order valence-corrected chi connectivity index (χ0v) is 17.3. The van der Waals surface area contributed by atoms with E-state index in [1.165, 1.54) is 0 Å². The normalized spacial score (nSPS) is 16.9. The van der Waals surface area contributed by atoms with Gasteiger partial charge in [-0.1, -0.05) is 25.4 Å². The molecule has 0 atom stereocenters. The minimum Gasteiger partial charge on any atom is -0.476 e. The largest absolute Gasteiger partial charge is 0.476 e. The maximum Gasteiger partial charge on any atom is 0.237 e. The molecular formula is C20H21ClN6O2. The summed E-state index contributed by atoms with van der Waals surface area (Å²) in [6.45, 7) is 6.47. The number of ether oxygens (including phenoxy) is 2. The van der Waals surface area contributed by atoms with Gasteiger partial charge >= 0.3 is 0 Å². The zero-order valence-electron chi connectivity index (χ0n) is 16.5. The van der Waals surface area contributed by atoms with E-state index in [0.717, 1.165) is 34.3 Å². The molecule has 0 saturated heterocycles. The first kappa shape index (κ1) is 18.3. The molecule has 0 amide bonds. The number of hydrogen-bond donors (Lipinski definition) is 0. The topological polar surface area (TPSA) is 79.3 Å². The summed E-state index contributed by atoms with van der Waals surface area (Å²) < 4.78 is 15.4. The van der Waals surface area contributed by atoms with Crippen LogP contribution in [-0.2, 0) is 22.6 Å². The van der Waals surface area contributed by atoms with Crippen LogP contribution in [-0.4, -0.2) is 50.5 Å². The molecule has 4 heterocycles. The highest BCUT2D eigenvalue weighted by Crippen LogP contribution is 2.35. The zero-order chi connectivity index (χ0) is 20.2. The molecule has 0 radical (unpaired) electrons. The summed E-state index contributed by atoms with van der Waals surface area (Å²) in [6.07, 6.45) is 1.80. The first-order valence-corrected chi connectivity index (χ1v) is 9.80. The predicted octanol–water partition coefficient (Wildman–Crippen LogP) is 3.10. The van der Waals surface area contributed by atoms with Crippen molar-refractivity contribution in [1.29, 1.82) is 0 Å². The van der Waals surface area contributed by atoms with Crippen LogP contribution < -0.4 is 0 Å². The summed E-state index contributed by atoms with van der Waals surface area (Å²) in [4.78, 5) is 9.32. The van der Waals surface area contributed by atoms with Crippen molar-refractivity contribution in [3.05, 3.63) is 46.8 Å². The lowest BCUT2D eigenvalue weighted by Gasteiger charge is -2.27. The van der Waals surface area contributed by atoms with E-state index in [-0.39, 0.29) is 5.41 Å². The van der Waals surface area contributed by atoms with Crippen molar-refractivity contribution in [2.24, 2.45) is 10.4 Å². The number of aliphatic imine (C=N–C) groups is 1. The molecule has 2 aromatic heterocycles. The van der Waals surface area contributed by atoms with Gasteiger partial charge < -0.3 is 14.0 Å². The van der Waals surface area contributed by atoms with Crippen molar-refractivity contribution in [3.8, 4) is 17.1 Å². The number of aromatic nitrogens is 5. The second kappa shape index (κ2) is 6.67. The van der Waals surface area contributed by atoms with Crippen LogP contribution in [0.15, 0.2) is 29.5 Å². The lowest BCUT2D eigenvalue weighted by molar-refractivity contribution is 0.157. The van der Waals surface area contributed by atoms with Crippen LogP contribution in [0.1, 0.15) is 31.1 Å². The molecule has 3 aromatic rings. The quantitative estimate of drug-likeness (QED) is 0.516. The molecule has 150 valence electrons. The molecule has 5 rings (SSSR count). The van der Waals surface area contributed by atoms with Crippen LogP contribution in [0.3, 0.4) is 0 Å². The second-order valence-electron chi connectivity index (χ2n) is 8.10. The third-order valence-corrected chi connectivity index (χ3v) is 5.42. The molecule has 0 spiro atoms. The number of benzene rings is 1. The van der Waals surface area contributed by atoms with Gasteiger partial charge in [0.25, 0.3) is 0 Å². The monoisotopic (exact) mass is 412 g/mol. The number of rotatable bonds is 3. The van der Waals surface area contributed by atoms with E-state index in [1.807, 2.05) is 22.8 Å². The molecule has 1 aromatic carbocycles. The van der Waals surface area contributed by atoms with E-state index in [0.29, 0.717) is 37.2 Å². The Morgan fingerprint density at radius 1 is 1.28 bits per heavy atom. The Morgan fingerprint density at radius 2 is 2.14 bits per heavy atom. The Kier molecular flexibility index (Phi) is 4.22. The molecule has 0 aliphatic carbocycles. The fourth-order valence-corrected chi connectivity index (χ4v) is 3.85. The van der Waals surface area contributed by atoms with Gasteiger partial charge in [0, 0.05) is 23.1 Å². The van der Waals surface area contributed by atoms with E-state index < -0.39 is 0 Å². The average Bonchev–Trinajstić information content (AvgIpc) is 3.24. The van der Waals surface area contributed by atoms with Gasteiger partial charge in [-0.25, -0.2) is 9.98 Å². The number of fused-ring (bicyclic) bond motifs is 5. The van der Waals surface area contributed by atoms with Gasteiger partial charge in [-0.05, 0) is 18.2 Å². The maximum atomic E-state index is 6.30. The van der Waals surface area contributed by atoms with Crippen molar-refractivity contribution in [2.75, 3.05) is 20.3 Å². The number of imidazole rings is 1. The Morgan fingerprint density at radius 3 is 2.90 bits per heavy atom. The van der Waals surface area contributed by atoms with Crippen molar-refractivity contribution < 1.29 is 9.47 Å². The first-order chi connectivity index (χ1) is 14.0. The standard InChI is InChI=1S/C20H21ClN6O2/c1-20(2)9-22-19(29-10-20)17-15-7-26-16(8-28-3)24-25-18(26)13-6-12(21)4-5-14(13)27(15)11-23-17/h4-6,11H,7-10H2,1-3H3. The van der Waals surface area contributed by atoms with Gasteiger partial charge in [-0.3, -0.25) is 4.57 Å². The van der Waals surface area contributed by atoms with Crippen LogP contribution in [0.4, 0.5) is 0 Å². The van der Waals surface area contributed by atoms with Gasteiger partial charge in [0.2, 0.25) is 5.90 Å². The van der Waals surface area contributed by atoms with E-state index in [4.69, 9.17) is 21.1 Å². The predicted molar refractivity (Wildman–Crippen MR) is 109 cm³/mol. The van der Waals surface area contributed by atoms with Gasteiger partial charge in [0.05, 0.1) is 31.1 Å². The van der Waals surface area contributed by atoms with Crippen LogP contribution in [0, 0.1) is 5.41 Å². The van der Waals surface area contributed by atoms with E-state index in [2.05, 4.69) is 38.6 Å². The number of nitrogens with zero attached hydrogens (tertiary/aromatic N) is 6. The van der Waals surface area contributed by atoms with Gasteiger partial charge in [-0.2, -0.15) is 0 Å². The lowest BCUT2D eigenvalue weighted by Crippen LogP contribution is -2.31. The minimum atomic E-state index is 0.0244. The van der Waals surface area contributed by atoms with Gasteiger partial charge in [0.1, 0.15) is 18.6 Å². The molecule has 2 aliphatic heterocycles. The third-order valence-electron chi connectivity index (χ3n) is 5.19. The molecular weight excluding hydrogens is 392 g/mol. The van der Waals surface area contributed by atoms with Crippen molar-refractivity contribution in [2.45, 2.75) is 27.0 Å². The second-order valence-corrected chi connectivity index (χ2v) is 8.54. The average molecular weight is 413 g/mol. The van der Waals surface area contributed by atoms with Crippen molar-refractivity contribution >= 4 is 17.5 Å². The highest BCUT2D eigenvalue weighted by Gasteiger charge is 2.31. The number of methoxy groups -OCH3 is 1. The van der Waals surface area contributed by atoms with Crippen LogP contribution in [0.2, 0.25) is 5.02 Å². The highest BCUT2D eigenvalue weighted by atomic mass is 35.5. The fraction of sp³-hybridized carbons (Fsp3) is 0.400. The Hall–Kier alpha value is -2.71. The molecule has 2 aliphatic rings. The van der Waals surface area contributed by atoms with Crippen molar-refractivity contribution in [3.63, 3.8) is 0 Å². The summed E-state index contributed by atoms with van der Waals surface area (Å²) in [5, 5.41) is 9.39. The summed E-state index contributed by atoms with van der Waals surface area (Å²) in [6, 6.07) is 5.74. The van der Waals surface area contributed by atoms with Gasteiger partial charge in [0.15, 0.2) is 11.6 Å². The van der Waals surface area contributed by atoms with Crippen molar-refractivity contribution in [1.82, 2.24) is 24.3 Å². The molecule has 0 N–H and O–H groups in total. The Balaban J connectivity index is 1.70. The molecule has 29 heavy (non-hydrogen) atoms. The minimum absolute atomic E-state index is 0.0244. The number of halogens is 1. The smallest absolute Gasteiger partial charge is 0.237 e. The summed E-state index contributed by atoms with van der Waals surface area (Å²) >= 11 is 6.30. The summed E-state index contributed by atoms with van der Waals surface area (Å²) in [5.74, 6) is 2.07. The molecule has 0 bridgehead atoms.